The SMILES string of the molecule is CCC1CN(CCC(=O)Nc2ccc(F)c(N)c2)CCO1. The van der Waals surface area contributed by atoms with E-state index in [4.69, 9.17) is 10.5 Å². The molecule has 0 spiro atoms. The fourth-order valence-electron chi connectivity index (χ4n) is 2.34. The molecular formula is C15H22FN3O2. The molecule has 0 bridgehead atoms. The van der Waals surface area contributed by atoms with Gasteiger partial charge in [-0.1, -0.05) is 6.92 Å². The first-order valence-corrected chi connectivity index (χ1v) is 7.27. The summed E-state index contributed by atoms with van der Waals surface area (Å²) in [6.07, 6.45) is 1.64. The van der Waals surface area contributed by atoms with Crippen molar-refractivity contribution in [1.82, 2.24) is 4.90 Å². The number of carbonyl (C=O) groups excluding carboxylic acids is 1. The molecule has 1 aromatic rings. The molecule has 0 radical (unpaired) electrons. The molecule has 1 amide bonds. The Kier molecular flexibility index (Phi) is 5.52. The molecule has 6 heteroatoms. The summed E-state index contributed by atoms with van der Waals surface area (Å²) in [5, 5.41) is 2.73. The van der Waals surface area contributed by atoms with Crippen molar-refractivity contribution in [3.05, 3.63) is 24.0 Å². The summed E-state index contributed by atoms with van der Waals surface area (Å²) in [6, 6.07) is 4.18. The highest BCUT2D eigenvalue weighted by Crippen LogP contribution is 2.16. The molecule has 116 valence electrons. The third-order valence-corrected chi connectivity index (χ3v) is 3.61. The molecule has 1 aromatic carbocycles. The highest BCUT2D eigenvalue weighted by Gasteiger charge is 2.19. The maximum atomic E-state index is 13.0. The van der Waals surface area contributed by atoms with Crippen molar-refractivity contribution in [2.24, 2.45) is 0 Å². The molecule has 1 aliphatic heterocycles. The van der Waals surface area contributed by atoms with Gasteiger partial charge in [-0.3, -0.25) is 9.69 Å². The number of halogens is 1. The van der Waals surface area contributed by atoms with Gasteiger partial charge in [-0.05, 0) is 24.6 Å². The average molecular weight is 295 g/mol. The fourth-order valence-corrected chi connectivity index (χ4v) is 2.34. The molecule has 2 rings (SSSR count). The Labute approximate surface area is 124 Å². The molecule has 1 unspecified atom stereocenters. The summed E-state index contributed by atoms with van der Waals surface area (Å²) >= 11 is 0. The van der Waals surface area contributed by atoms with Gasteiger partial charge in [0.05, 0.1) is 18.4 Å². The van der Waals surface area contributed by atoms with Crippen molar-refractivity contribution in [2.45, 2.75) is 25.9 Å². The monoisotopic (exact) mass is 295 g/mol. The van der Waals surface area contributed by atoms with E-state index < -0.39 is 5.82 Å². The molecule has 1 atom stereocenters. The molecule has 5 nitrogen and oxygen atoms in total. The number of nitrogens with zero attached hydrogens (tertiary/aromatic N) is 1. The third-order valence-electron chi connectivity index (χ3n) is 3.61. The highest BCUT2D eigenvalue weighted by atomic mass is 19.1. The minimum atomic E-state index is -0.480. The number of amides is 1. The number of benzene rings is 1. The Morgan fingerprint density at radius 3 is 3.10 bits per heavy atom. The van der Waals surface area contributed by atoms with Crippen LogP contribution in [-0.2, 0) is 9.53 Å². The predicted molar refractivity (Wildman–Crippen MR) is 80.5 cm³/mol. The summed E-state index contributed by atoms with van der Waals surface area (Å²) in [4.78, 5) is 14.1. The standard InChI is InChI=1S/C15H22FN3O2/c1-2-12-10-19(7-8-21-12)6-5-15(20)18-11-3-4-13(16)14(17)9-11/h3-4,9,12H,2,5-8,10,17H2,1H3,(H,18,20). The molecule has 0 aromatic heterocycles. The molecule has 3 N–H and O–H groups in total. The number of nitrogen functional groups attached to an aromatic ring is 1. The second-order valence-corrected chi connectivity index (χ2v) is 5.24. The second-order valence-electron chi connectivity index (χ2n) is 5.24. The Hall–Kier alpha value is -1.66. The Morgan fingerprint density at radius 2 is 2.38 bits per heavy atom. The molecule has 0 aliphatic carbocycles. The molecule has 1 aliphatic rings. The van der Waals surface area contributed by atoms with Gasteiger partial charge in [-0.25, -0.2) is 4.39 Å². The molecule has 1 saturated heterocycles. The van der Waals surface area contributed by atoms with Crippen molar-refractivity contribution in [1.29, 1.82) is 0 Å². The lowest BCUT2D eigenvalue weighted by molar-refractivity contribution is -0.117. The lowest BCUT2D eigenvalue weighted by Crippen LogP contribution is -2.43. The van der Waals surface area contributed by atoms with Crippen molar-refractivity contribution >= 4 is 17.3 Å². The van der Waals surface area contributed by atoms with Gasteiger partial charge in [0.25, 0.3) is 0 Å². The summed E-state index contributed by atoms with van der Waals surface area (Å²) in [6.45, 7) is 5.23. The van der Waals surface area contributed by atoms with E-state index in [1.54, 1.807) is 0 Å². The van der Waals surface area contributed by atoms with Crippen LogP contribution in [0.3, 0.4) is 0 Å². The van der Waals surface area contributed by atoms with E-state index in [0.29, 0.717) is 25.3 Å². The van der Waals surface area contributed by atoms with E-state index in [2.05, 4.69) is 17.1 Å². The van der Waals surface area contributed by atoms with Crippen molar-refractivity contribution in [3.63, 3.8) is 0 Å². The van der Waals surface area contributed by atoms with Crippen LogP contribution in [0.5, 0.6) is 0 Å². The van der Waals surface area contributed by atoms with Gasteiger partial charge in [0, 0.05) is 31.7 Å². The number of morpholine rings is 1. The Balaban J connectivity index is 1.78. The van der Waals surface area contributed by atoms with Crippen LogP contribution in [0, 0.1) is 5.82 Å². The number of hydrogen-bond acceptors (Lipinski definition) is 4. The minimum Gasteiger partial charge on any atom is -0.396 e. The summed E-state index contributed by atoms with van der Waals surface area (Å²) in [7, 11) is 0. The normalized spacial score (nSPS) is 19.4. The summed E-state index contributed by atoms with van der Waals surface area (Å²) < 4.78 is 18.6. The van der Waals surface area contributed by atoms with Crippen LogP contribution >= 0.6 is 0 Å². The Morgan fingerprint density at radius 1 is 1.57 bits per heavy atom. The number of ether oxygens (including phenoxy) is 1. The van der Waals surface area contributed by atoms with E-state index in [9.17, 15) is 9.18 Å². The van der Waals surface area contributed by atoms with E-state index in [1.165, 1.54) is 18.2 Å². The zero-order valence-electron chi connectivity index (χ0n) is 12.3. The highest BCUT2D eigenvalue weighted by molar-refractivity contribution is 5.91. The number of rotatable bonds is 5. The number of nitrogens with two attached hydrogens (primary N) is 1. The van der Waals surface area contributed by atoms with Crippen LogP contribution in [0.1, 0.15) is 19.8 Å². The van der Waals surface area contributed by atoms with Crippen LogP contribution in [0.2, 0.25) is 0 Å². The van der Waals surface area contributed by atoms with Crippen LogP contribution < -0.4 is 11.1 Å². The first-order chi connectivity index (χ1) is 10.1. The smallest absolute Gasteiger partial charge is 0.225 e. The van der Waals surface area contributed by atoms with Crippen LogP contribution in [0.4, 0.5) is 15.8 Å². The first-order valence-electron chi connectivity index (χ1n) is 7.27. The van der Waals surface area contributed by atoms with Crippen molar-refractivity contribution in [2.75, 3.05) is 37.3 Å². The summed E-state index contributed by atoms with van der Waals surface area (Å²) in [5.41, 5.74) is 6.02. The first kappa shape index (κ1) is 15.7. The number of hydrogen-bond donors (Lipinski definition) is 2. The van der Waals surface area contributed by atoms with Gasteiger partial charge in [0.1, 0.15) is 5.82 Å². The quantitative estimate of drug-likeness (QED) is 0.814. The maximum Gasteiger partial charge on any atom is 0.225 e. The maximum absolute atomic E-state index is 13.0. The van der Waals surface area contributed by atoms with E-state index in [-0.39, 0.29) is 17.7 Å². The summed E-state index contributed by atoms with van der Waals surface area (Å²) in [5.74, 6) is -0.576. The van der Waals surface area contributed by atoms with E-state index in [1.807, 2.05) is 0 Å². The van der Waals surface area contributed by atoms with Gasteiger partial charge in [0.15, 0.2) is 0 Å². The molecule has 1 fully saturated rings. The third kappa shape index (κ3) is 4.68. The lowest BCUT2D eigenvalue weighted by Gasteiger charge is -2.32. The van der Waals surface area contributed by atoms with Gasteiger partial charge in [0.2, 0.25) is 5.91 Å². The molecule has 0 saturated carbocycles. The number of carbonyl (C=O) groups is 1. The predicted octanol–water partition coefficient (Wildman–Crippen LogP) is 1.85. The number of anilines is 2. The van der Waals surface area contributed by atoms with Gasteiger partial charge in [-0.15, -0.1) is 0 Å². The van der Waals surface area contributed by atoms with Crippen LogP contribution in [0.25, 0.3) is 0 Å². The largest absolute Gasteiger partial charge is 0.396 e. The molecule has 1 heterocycles. The van der Waals surface area contributed by atoms with Crippen LogP contribution in [0.15, 0.2) is 18.2 Å². The minimum absolute atomic E-state index is 0.0340. The van der Waals surface area contributed by atoms with Crippen molar-refractivity contribution in [3.8, 4) is 0 Å². The zero-order chi connectivity index (χ0) is 15.2. The molecular weight excluding hydrogens is 273 g/mol. The molecule has 21 heavy (non-hydrogen) atoms. The van der Waals surface area contributed by atoms with E-state index >= 15 is 0 Å². The number of nitrogens with one attached hydrogen (secondary N) is 1. The van der Waals surface area contributed by atoms with Gasteiger partial charge in [-0.2, -0.15) is 0 Å². The zero-order valence-corrected chi connectivity index (χ0v) is 12.3. The lowest BCUT2D eigenvalue weighted by atomic mass is 10.2. The van der Waals surface area contributed by atoms with E-state index in [0.717, 1.165) is 19.5 Å². The average Bonchev–Trinajstić information content (AvgIpc) is 2.49. The fraction of sp³-hybridized carbons (Fsp3) is 0.533. The van der Waals surface area contributed by atoms with Crippen molar-refractivity contribution < 1.29 is 13.9 Å². The Bertz CT molecular complexity index is 496. The van der Waals surface area contributed by atoms with Gasteiger partial charge >= 0.3 is 0 Å². The van der Waals surface area contributed by atoms with Gasteiger partial charge < -0.3 is 15.8 Å². The second kappa shape index (κ2) is 7.38. The van der Waals surface area contributed by atoms with Crippen LogP contribution in [-0.4, -0.2) is 43.2 Å². The topological polar surface area (TPSA) is 67.6 Å².